The largest absolute Gasteiger partial charge is 0.330 e. The quantitative estimate of drug-likeness (QED) is 0.539. The second kappa shape index (κ2) is 4.73. The molecular weight excluding hydrogens is 323 g/mol. The highest BCUT2D eigenvalue weighted by molar-refractivity contribution is 7.15. The minimum absolute atomic E-state index is 0.578. The predicted octanol–water partition coefficient (Wildman–Crippen LogP) is 4.69. The van der Waals surface area contributed by atoms with E-state index in [1.54, 1.807) is 11.3 Å². The van der Waals surface area contributed by atoms with Gasteiger partial charge in [0.05, 0.1) is 14.9 Å². The fraction of sp³-hybridized carbons (Fsp3) is 0.0625. The molecule has 0 saturated carbocycles. The summed E-state index contributed by atoms with van der Waals surface area (Å²) in [6.07, 6.45) is 0.929. The number of nitrogen functional groups attached to an aromatic ring is 1. The van der Waals surface area contributed by atoms with Crippen LogP contribution in [0.4, 0.5) is 5.13 Å². The number of benzene rings is 2. The number of H-pyrrole nitrogens is 1. The van der Waals surface area contributed by atoms with Crippen LogP contribution in [0.2, 0.25) is 10.0 Å². The van der Waals surface area contributed by atoms with E-state index >= 15 is 0 Å². The average Bonchev–Trinajstić information content (AvgIpc) is 2.97. The van der Waals surface area contributed by atoms with E-state index in [-0.39, 0.29) is 0 Å². The minimum atomic E-state index is 0.578. The number of fused-ring (bicyclic) bond motifs is 3. The lowest BCUT2D eigenvalue weighted by Crippen LogP contribution is -2.06. The zero-order valence-electron chi connectivity index (χ0n) is 10.9. The summed E-state index contributed by atoms with van der Waals surface area (Å²) in [7, 11) is 0. The number of aromatic amines is 1. The van der Waals surface area contributed by atoms with Crippen molar-refractivity contribution in [1.29, 1.82) is 0 Å². The van der Waals surface area contributed by atoms with Gasteiger partial charge in [0, 0.05) is 12.0 Å². The van der Waals surface area contributed by atoms with E-state index in [2.05, 4.69) is 23.2 Å². The summed E-state index contributed by atoms with van der Waals surface area (Å²) in [5.41, 5.74) is 11.8. The molecule has 0 unspecified atom stereocenters. The Morgan fingerprint density at radius 1 is 1.00 bits per heavy atom. The van der Waals surface area contributed by atoms with E-state index in [0.717, 1.165) is 28.4 Å². The van der Waals surface area contributed by atoms with E-state index in [1.807, 2.05) is 18.2 Å². The number of thiazole rings is 1. The summed E-state index contributed by atoms with van der Waals surface area (Å²) in [5.74, 6) is 0. The van der Waals surface area contributed by atoms with Gasteiger partial charge >= 0.3 is 5.13 Å². The van der Waals surface area contributed by atoms with Gasteiger partial charge in [0.15, 0.2) is 0 Å². The zero-order valence-corrected chi connectivity index (χ0v) is 13.2. The zero-order chi connectivity index (χ0) is 14.6. The third-order valence-electron chi connectivity index (χ3n) is 3.74. The Morgan fingerprint density at radius 2 is 1.76 bits per heavy atom. The van der Waals surface area contributed by atoms with Gasteiger partial charge in [0.2, 0.25) is 0 Å². The Hall–Kier alpha value is -1.55. The fourth-order valence-corrected chi connectivity index (χ4v) is 3.96. The van der Waals surface area contributed by atoms with Crippen molar-refractivity contribution in [1.82, 2.24) is 0 Å². The number of rotatable bonds is 1. The molecule has 3 aromatic rings. The van der Waals surface area contributed by atoms with Gasteiger partial charge in [0.25, 0.3) is 0 Å². The number of hydrogen-bond acceptors (Lipinski definition) is 2. The lowest BCUT2D eigenvalue weighted by atomic mass is 10.0. The molecule has 104 valence electrons. The van der Waals surface area contributed by atoms with E-state index in [0.29, 0.717) is 10.0 Å². The molecule has 0 saturated heterocycles. The topological polar surface area (TPSA) is 40.2 Å². The van der Waals surface area contributed by atoms with Gasteiger partial charge in [-0.2, -0.15) is 0 Å². The second-order valence-corrected chi connectivity index (χ2v) is 7.02. The van der Waals surface area contributed by atoms with Crippen LogP contribution in [0.25, 0.3) is 22.4 Å². The number of nitrogens with one attached hydrogen (secondary N) is 1. The molecule has 0 fully saturated rings. The molecule has 2 nitrogen and oxygen atoms in total. The van der Waals surface area contributed by atoms with Crippen LogP contribution in [-0.4, -0.2) is 0 Å². The number of aromatic nitrogens is 1. The van der Waals surface area contributed by atoms with Gasteiger partial charge in [-0.3, -0.25) is 5.73 Å². The lowest BCUT2D eigenvalue weighted by Gasteiger charge is -2.06. The first-order valence-electron chi connectivity index (χ1n) is 6.51. The van der Waals surface area contributed by atoms with Crippen LogP contribution in [0, 0.1) is 0 Å². The van der Waals surface area contributed by atoms with Crippen LogP contribution >= 0.6 is 34.5 Å². The number of nitrogens with two attached hydrogens (primary N) is 1. The summed E-state index contributed by atoms with van der Waals surface area (Å²) in [6.45, 7) is 0. The Balaban J connectivity index is 1.80. The van der Waals surface area contributed by atoms with E-state index in [4.69, 9.17) is 28.9 Å². The Bertz CT molecular complexity index is 871. The van der Waals surface area contributed by atoms with Gasteiger partial charge in [0.1, 0.15) is 5.69 Å². The monoisotopic (exact) mass is 333 g/mol. The third kappa shape index (κ3) is 2.13. The van der Waals surface area contributed by atoms with Crippen LogP contribution in [0.3, 0.4) is 0 Å². The first kappa shape index (κ1) is 13.1. The highest BCUT2D eigenvalue weighted by Crippen LogP contribution is 2.40. The molecule has 0 amide bonds. The normalized spacial score (nSPS) is 12.3. The van der Waals surface area contributed by atoms with Gasteiger partial charge in [-0.05, 0) is 34.9 Å². The van der Waals surface area contributed by atoms with E-state index in [1.165, 1.54) is 16.0 Å². The maximum atomic E-state index is 6.10. The first-order valence-corrected chi connectivity index (χ1v) is 8.08. The van der Waals surface area contributed by atoms with Crippen molar-refractivity contribution < 1.29 is 4.98 Å². The second-order valence-electron chi connectivity index (χ2n) is 5.07. The molecule has 3 N–H and O–H groups in total. The molecule has 1 aliphatic carbocycles. The maximum Gasteiger partial charge on any atom is 0.330 e. The molecule has 4 rings (SSSR count). The summed E-state index contributed by atoms with van der Waals surface area (Å²) in [5, 5.41) is 1.92. The molecule has 2 aromatic carbocycles. The Morgan fingerprint density at radius 3 is 2.57 bits per heavy atom. The Kier molecular flexibility index (Phi) is 2.96. The molecule has 21 heavy (non-hydrogen) atoms. The van der Waals surface area contributed by atoms with Crippen molar-refractivity contribution in [2.24, 2.45) is 0 Å². The average molecular weight is 334 g/mol. The van der Waals surface area contributed by atoms with Gasteiger partial charge in [-0.1, -0.05) is 52.7 Å². The molecule has 0 spiro atoms. The van der Waals surface area contributed by atoms with Crippen molar-refractivity contribution in [3.8, 4) is 22.4 Å². The maximum absolute atomic E-state index is 6.10. The summed E-state index contributed by atoms with van der Waals surface area (Å²) < 4.78 is 0. The molecule has 5 heteroatoms. The molecule has 0 radical (unpaired) electrons. The van der Waals surface area contributed by atoms with Crippen molar-refractivity contribution in [3.05, 3.63) is 56.9 Å². The van der Waals surface area contributed by atoms with Gasteiger partial charge in [-0.25, -0.2) is 4.98 Å². The molecule has 1 aromatic heterocycles. The number of halogens is 2. The highest BCUT2D eigenvalue weighted by Gasteiger charge is 2.25. The van der Waals surface area contributed by atoms with Crippen LogP contribution < -0.4 is 10.7 Å². The van der Waals surface area contributed by atoms with Crippen molar-refractivity contribution in [3.63, 3.8) is 0 Å². The van der Waals surface area contributed by atoms with Crippen LogP contribution in [0.5, 0.6) is 0 Å². The SMILES string of the molecule is Nc1[nH+]c2c(s1)Cc1cc(-c3ccc(Cl)c(Cl)c3)ccc1-2. The highest BCUT2D eigenvalue weighted by atomic mass is 35.5. The van der Waals surface area contributed by atoms with Crippen LogP contribution in [-0.2, 0) is 6.42 Å². The number of anilines is 1. The lowest BCUT2D eigenvalue weighted by molar-refractivity contribution is -0.340. The fourth-order valence-electron chi connectivity index (χ4n) is 2.76. The standard InChI is InChI=1S/C16H10Cl2N2S/c17-12-4-2-9(6-13(12)18)8-1-3-11-10(5-8)7-14-15(11)20-16(19)21-14/h1-6H,7H2,(H2,19,20)/p+1. The molecule has 1 heterocycles. The summed E-state index contributed by atoms with van der Waals surface area (Å²) in [4.78, 5) is 4.55. The summed E-state index contributed by atoms with van der Waals surface area (Å²) >= 11 is 13.7. The molecule has 0 atom stereocenters. The predicted molar refractivity (Wildman–Crippen MR) is 89.0 cm³/mol. The molecular formula is C16H11Cl2N2S+. The van der Waals surface area contributed by atoms with E-state index in [9.17, 15) is 0 Å². The van der Waals surface area contributed by atoms with Crippen molar-refractivity contribution in [2.75, 3.05) is 5.73 Å². The summed E-state index contributed by atoms with van der Waals surface area (Å²) in [6, 6.07) is 12.2. The molecule has 1 aliphatic rings. The van der Waals surface area contributed by atoms with Crippen LogP contribution in [0.15, 0.2) is 36.4 Å². The van der Waals surface area contributed by atoms with Gasteiger partial charge < -0.3 is 0 Å². The minimum Gasteiger partial charge on any atom is -0.278 e. The Labute approximate surface area is 136 Å². The van der Waals surface area contributed by atoms with Crippen molar-refractivity contribution in [2.45, 2.75) is 6.42 Å². The third-order valence-corrected chi connectivity index (χ3v) is 5.39. The number of hydrogen-bond donors (Lipinski definition) is 1. The van der Waals surface area contributed by atoms with Crippen molar-refractivity contribution >= 4 is 39.7 Å². The van der Waals surface area contributed by atoms with Crippen LogP contribution in [0.1, 0.15) is 10.4 Å². The van der Waals surface area contributed by atoms with E-state index < -0.39 is 0 Å². The molecule has 0 aliphatic heterocycles. The smallest absolute Gasteiger partial charge is 0.278 e. The molecule has 0 bridgehead atoms. The first-order chi connectivity index (χ1) is 10.1. The van der Waals surface area contributed by atoms with Gasteiger partial charge in [-0.15, -0.1) is 0 Å².